The Morgan fingerprint density at radius 1 is 0.833 bits per heavy atom. The summed E-state index contributed by atoms with van der Waals surface area (Å²) in [6, 6.07) is 6.04. The highest BCUT2D eigenvalue weighted by Crippen LogP contribution is 2.27. The zero-order valence-corrected chi connectivity index (χ0v) is 16.2. The van der Waals surface area contributed by atoms with E-state index < -0.39 is 52.3 Å². The third-order valence-corrected chi connectivity index (χ3v) is 5.41. The molecular weight excluding hydrogens is 400 g/mol. The van der Waals surface area contributed by atoms with Crippen molar-refractivity contribution in [3.8, 4) is 0 Å². The van der Waals surface area contributed by atoms with Crippen LogP contribution in [0.1, 0.15) is 52.8 Å². The van der Waals surface area contributed by atoms with E-state index in [-0.39, 0.29) is 12.5 Å². The van der Waals surface area contributed by atoms with Gasteiger partial charge in [-0.1, -0.05) is 31.4 Å². The number of halogens is 4. The number of benzene rings is 2. The first-order valence-corrected chi connectivity index (χ1v) is 9.85. The topological polar surface area (TPSA) is 58.2 Å². The van der Waals surface area contributed by atoms with Crippen LogP contribution in [0.15, 0.2) is 36.4 Å². The van der Waals surface area contributed by atoms with Crippen molar-refractivity contribution in [1.29, 1.82) is 0 Å². The van der Waals surface area contributed by atoms with Gasteiger partial charge in [0.1, 0.15) is 0 Å². The van der Waals surface area contributed by atoms with E-state index >= 15 is 0 Å². The molecule has 0 saturated heterocycles. The fraction of sp³-hybridized carbons (Fsp3) is 0.364. The van der Waals surface area contributed by atoms with E-state index in [0.717, 1.165) is 50.3 Å². The molecule has 2 N–H and O–H groups in total. The molecule has 0 spiro atoms. The van der Waals surface area contributed by atoms with E-state index in [2.05, 4.69) is 10.6 Å². The summed E-state index contributed by atoms with van der Waals surface area (Å²) in [6.45, 7) is -0.0534. The van der Waals surface area contributed by atoms with Crippen LogP contribution in [0.25, 0.3) is 0 Å². The Balaban J connectivity index is 1.74. The molecule has 0 bridgehead atoms. The van der Waals surface area contributed by atoms with Crippen LogP contribution in [0.4, 0.5) is 17.6 Å². The number of hydrogen-bond acceptors (Lipinski definition) is 2. The lowest BCUT2D eigenvalue weighted by Crippen LogP contribution is -2.48. The molecule has 0 heterocycles. The minimum absolute atomic E-state index is 0.0111. The molecule has 1 atom stereocenters. The minimum atomic E-state index is -1.25. The number of carbonyl (C=O) groups excluding carboxylic acids is 2. The average Bonchev–Trinajstić information content (AvgIpc) is 2.75. The summed E-state index contributed by atoms with van der Waals surface area (Å²) < 4.78 is 54.7. The molecule has 2 aromatic rings. The molecule has 2 amide bonds. The maximum absolute atomic E-state index is 14.0. The van der Waals surface area contributed by atoms with Crippen LogP contribution in [-0.4, -0.2) is 24.4 Å². The van der Waals surface area contributed by atoms with Gasteiger partial charge in [-0.15, -0.1) is 0 Å². The third-order valence-electron chi connectivity index (χ3n) is 5.41. The molecule has 8 heteroatoms. The van der Waals surface area contributed by atoms with Gasteiger partial charge in [-0.2, -0.15) is 0 Å². The van der Waals surface area contributed by atoms with Crippen LogP contribution in [0.3, 0.4) is 0 Å². The predicted octanol–water partition coefficient (Wildman–Crippen LogP) is 4.35. The van der Waals surface area contributed by atoms with Crippen molar-refractivity contribution >= 4 is 11.8 Å². The highest BCUT2D eigenvalue weighted by molar-refractivity contribution is 5.95. The molecule has 3 rings (SSSR count). The normalized spacial score (nSPS) is 15.5. The molecule has 1 fully saturated rings. The molecule has 0 radical (unpaired) electrons. The Kier molecular flexibility index (Phi) is 7.07. The number of nitrogens with one attached hydrogen (secondary N) is 2. The maximum Gasteiger partial charge on any atom is 0.254 e. The van der Waals surface area contributed by atoms with Gasteiger partial charge >= 0.3 is 0 Å². The standard InChI is InChI=1S/C22H22F4N2O2/c23-16-10-4-8-14(19(16)25)21(29)27-12-18(13-6-2-1-3-7-13)28-22(30)15-9-5-11-17(24)20(15)26/h4-5,8-11,13,18H,1-3,6-7,12H2,(H,27,29)(H,28,30). The van der Waals surface area contributed by atoms with Gasteiger partial charge in [0.05, 0.1) is 11.1 Å². The lowest BCUT2D eigenvalue weighted by atomic mass is 9.83. The largest absolute Gasteiger partial charge is 0.350 e. The number of hydrogen-bond donors (Lipinski definition) is 2. The molecule has 1 saturated carbocycles. The Labute approximate surface area is 171 Å². The smallest absolute Gasteiger partial charge is 0.254 e. The van der Waals surface area contributed by atoms with Gasteiger partial charge in [0.25, 0.3) is 11.8 Å². The highest BCUT2D eigenvalue weighted by atomic mass is 19.2. The molecule has 30 heavy (non-hydrogen) atoms. The van der Waals surface area contributed by atoms with Crippen LogP contribution in [0, 0.1) is 29.2 Å². The van der Waals surface area contributed by atoms with Gasteiger partial charge in [0.2, 0.25) is 0 Å². The van der Waals surface area contributed by atoms with Crippen molar-refractivity contribution in [1.82, 2.24) is 10.6 Å². The van der Waals surface area contributed by atoms with Crippen molar-refractivity contribution in [2.45, 2.75) is 38.1 Å². The summed E-state index contributed by atoms with van der Waals surface area (Å²) >= 11 is 0. The molecule has 0 aliphatic heterocycles. The van der Waals surface area contributed by atoms with Crippen molar-refractivity contribution in [3.63, 3.8) is 0 Å². The quantitative estimate of drug-likeness (QED) is 0.680. The van der Waals surface area contributed by atoms with E-state index in [1.54, 1.807) is 0 Å². The van der Waals surface area contributed by atoms with Gasteiger partial charge in [-0.3, -0.25) is 9.59 Å². The first kappa shape index (κ1) is 21.8. The molecule has 0 aromatic heterocycles. The fourth-order valence-corrected chi connectivity index (χ4v) is 3.77. The van der Waals surface area contributed by atoms with Gasteiger partial charge in [-0.05, 0) is 43.0 Å². The monoisotopic (exact) mass is 422 g/mol. The second-order valence-electron chi connectivity index (χ2n) is 7.39. The summed E-state index contributed by atoms with van der Waals surface area (Å²) in [7, 11) is 0. The fourth-order valence-electron chi connectivity index (χ4n) is 3.77. The summed E-state index contributed by atoms with van der Waals surface area (Å²) in [5.74, 6) is -6.38. The number of carbonyl (C=O) groups is 2. The molecule has 2 aromatic carbocycles. The van der Waals surface area contributed by atoms with Crippen LogP contribution < -0.4 is 10.6 Å². The van der Waals surface area contributed by atoms with Crippen molar-refractivity contribution in [3.05, 3.63) is 70.8 Å². The molecule has 1 aliphatic rings. The first-order valence-electron chi connectivity index (χ1n) is 9.85. The molecule has 1 unspecified atom stereocenters. The maximum atomic E-state index is 14.0. The van der Waals surface area contributed by atoms with Crippen LogP contribution in [-0.2, 0) is 0 Å². The van der Waals surface area contributed by atoms with Crippen LogP contribution >= 0.6 is 0 Å². The average molecular weight is 422 g/mol. The lowest BCUT2D eigenvalue weighted by molar-refractivity contribution is 0.0877. The zero-order valence-electron chi connectivity index (χ0n) is 16.2. The molecular formula is C22H22F4N2O2. The SMILES string of the molecule is O=C(NCC(NC(=O)c1cccc(F)c1F)C1CCCCC1)c1cccc(F)c1F. The molecule has 4 nitrogen and oxygen atoms in total. The third kappa shape index (κ3) is 4.98. The minimum Gasteiger partial charge on any atom is -0.350 e. The second-order valence-corrected chi connectivity index (χ2v) is 7.39. The molecule has 1 aliphatic carbocycles. The van der Waals surface area contributed by atoms with Gasteiger partial charge < -0.3 is 10.6 Å². The van der Waals surface area contributed by atoms with Crippen LogP contribution in [0.5, 0.6) is 0 Å². The Morgan fingerprint density at radius 3 is 1.93 bits per heavy atom. The summed E-state index contributed by atoms with van der Waals surface area (Å²) in [4.78, 5) is 24.9. The van der Waals surface area contributed by atoms with E-state index in [1.807, 2.05) is 0 Å². The van der Waals surface area contributed by atoms with Crippen molar-refractivity contribution in [2.24, 2.45) is 5.92 Å². The van der Waals surface area contributed by atoms with Gasteiger partial charge in [0.15, 0.2) is 23.3 Å². The van der Waals surface area contributed by atoms with Crippen molar-refractivity contribution < 1.29 is 27.2 Å². The Morgan fingerprint density at radius 2 is 1.37 bits per heavy atom. The van der Waals surface area contributed by atoms with E-state index in [0.29, 0.717) is 0 Å². The van der Waals surface area contributed by atoms with Gasteiger partial charge in [-0.25, -0.2) is 17.6 Å². The second kappa shape index (κ2) is 9.73. The number of rotatable bonds is 6. The van der Waals surface area contributed by atoms with E-state index in [4.69, 9.17) is 0 Å². The highest BCUT2D eigenvalue weighted by Gasteiger charge is 2.28. The van der Waals surface area contributed by atoms with Crippen molar-refractivity contribution in [2.75, 3.05) is 6.54 Å². The number of amides is 2. The van der Waals surface area contributed by atoms with Gasteiger partial charge in [0, 0.05) is 12.6 Å². The van der Waals surface area contributed by atoms with E-state index in [9.17, 15) is 27.2 Å². The van der Waals surface area contributed by atoms with E-state index in [1.165, 1.54) is 18.2 Å². The Bertz CT molecular complexity index is 929. The van der Waals surface area contributed by atoms with Crippen LogP contribution in [0.2, 0.25) is 0 Å². The molecule has 160 valence electrons. The summed E-state index contributed by atoms with van der Waals surface area (Å²) in [6.07, 6.45) is 4.52. The Hall–Kier alpha value is -2.90. The zero-order chi connectivity index (χ0) is 21.7. The first-order chi connectivity index (χ1) is 14.4. The predicted molar refractivity (Wildman–Crippen MR) is 103 cm³/mol. The lowest BCUT2D eigenvalue weighted by Gasteiger charge is -2.31. The summed E-state index contributed by atoms with van der Waals surface area (Å²) in [5.41, 5.74) is -0.877. The summed E-state index contributed by atoms with van der Waals surface area (Å²) in [5, 5.41) is 5.19.